The normalized spacial score (nSPS) is 10.6. The summed E-state index contributed by atoms with van der Waals surface area (Å²) in [5.74, 6) is 0.864. The van der Waals surface area contributed by atoms with Gasteiger partial charge in [0.15, 0.2) is 0 Å². The minimum Gasteiger partial charge on any atom is -0.476 e. The van der Waals surface area contributed by atoms with E-state index in [9.17, 15) is 0 Å². The summed E-state index contributed by atoms with van der Waals surface area (Å²) in [5, 5.41) is 9.27. The van der Waals surface area contributed by atoms with Crippen molar-refractivity contribution in [2.24, 2.45) is 5.92 Å². The van der Waals surface area contributed by atoms with Gasteiger partial charge in [-0.15, -0.1) is 0 Å². The molecular weight excluding hydrogens is 202 g/mol. The van der Waals surface area contributed by atoms with Crippen LogP contribution in [0.3, 0.4) is 0 Å². The van der Waals surface area contributed by atoms with Crippen LogP contribution in [0.5, 0.6) is 5.88 Å². The fourth-order valence-corrected chi connectivity index (χ4v) is 1.15. The van der Waals surface area contributed by atoms with Crippen LogP contribution in [0.15, 0.2) is 12.3 Å². The number of rotatable bonds is 4. The van der Waals surface area contributed by atoms with Gasteiger partial charge in [-0.1, -0.05) is 25.4 Å². The predicted octanol–water partition coefficient (Wildman–Crippen LogP) is 2.26. The van der Waals surface area contributed by atoms with E-state index in [1.807, 2.05) is 0 Å². The summed E-state index contributed by atoms with van der Waals surface area (Å²) in [7, 11) is 0. The number of ether oxygens (including phenoxy) is 1. The van der Waals surface area contributed by atoms with Gasteiger partial charge in [-0.25, -0.2) is 4.98 Å². The van der Waals surface area contributed by atoms with E-state index in [2.05, 4.69) is 18.8 Å². The van der Waals surface area contributed by atoms with Crippen LogP contribution in [-0.4, -0.2) is 16.7 Å². The molecule has 0 aliphatic rings. The maximum absolute atomic E-state index is 8.83. The molecule has 0 unspecified atom stereocenters. The number of pyridine rings is 1. The Morgan fingerprint density at radius 1 is 1.57 bits per heavy atom. The summed E-state index contributed by atoms with van der Waals surface area (Å²) < 4.78 is 5.37. The molecule has 4 heteroatoms. The zero-order valence-corrected chi connectivity index (χ0v) is 9.08. The van der Waals surface area contributed by atoms with Crippen LogP contribution in [0.25, 0.3) is 0 Å². The van der Waals surface area contributed by atoms with Crippen molar-refractivity contribution in [3.63, 3.8) is 0 Å². The quantitative estimate of drug-likeness (QED) is 0.838. The summed E-state index contributed by atoms with van der Waals surface area (Å²) in [6.45, 7) is 4.63. The average molecular weight is 216 g/mol. The van der Waals surface area contributed by atoms with Crippen LogP contribution in [0.1, 0.15) is 19.4 Å². The molecular formula is C10H14ClNO2. The summed E-state index contributed by atoms with van der Waals surface area (Å²) in [6.07, 6.45) is 1.56. The minimum atomic E-state index is -0.0584. The number of halogens is 1. The highest BCUT2D eigenvalue weighted by Crippen LogP contribution is 2.22. The zero-order chi connectivity index (χ0) is 10.6. The fourth-order valence-electron chi connectivity index (χ4n) is 0.903. The molecule has 0 aliphatic carbocycles. The fraction of sp³-hybridized carbons (Fsp3) is 0.500. The van der Waals surface area contributed by atoms with Crippen molar-refractivity contribution in [3.8, 4) is 5.88 Å². The van der Waals surface area contributed by atoms with E-state index >= 15 is 0 Å². The molecule has 14 heavy (non-hydrogen) atoms. The van der Waals surface area contributed by atoms with E-state index in [0.29, 0.717) is 29.0 Å². The molecule has 0 bridgehead atoms. The molecule has 1 N–H and O–H groups in total. The molecule has 78 valence electrons. The van der Waals surface area contributed by atoms with Gasteiger partial charge in [0.05, 0.1) is 13.2 Å². The number of hydrogen-bond donors (Lipinski definition) is 1. The van der Waals surface area contributed by atoms with Crippen molar-refractivity contribution >= 4 is 11.6 Å². The first-order chi connectivity index (χ1) is 6.63. The summed E-state index contributed by atoms with van der Waals surface area (Å²) >= 11 is 5.89. The number of aliphatic hydroxyl groups is 1. The first-order valence-corrected chi connectivity index (χ1v) is 4.89. The van der Waals surface area contributed by atoms with E-state index in [4.69, 9.17) is 21.4 Å². The number of aromatic nitrogens is 1. The predicted molar refractivity (Wildman–Crippen MR) is 55.5 cm³/mol. The molecule has 0 radical (unpaired) electrons. The van der Waals surface area contributed by atoms with Gasteiger partial charge < -0.3 is 9.84 Å². The van der Waals surface area contributed by atoms with Crippen molar-refractivity contribution in [1.29, 1.82) is 0 Å². The monoisotopic (exact) mass is 215 g/mol. The summed E-state index contributed by atoms with van der Waals surface area (Å²) in [6, 6.07) is 1.66. The van der Waals surface area contributed by atoms with Crippen molar-refractivity contribution in [3.05, 3.63) is 22.8 Å². The Labute approximate surface area is 88.7 Å². The van der Waals surface area contributed by atoms with E-state index in [-0.39, 0.29) is 6.61 Å². The third kappa shape index (κ3) is 3.16. The Bertz CT molecular complexity index is 302. The Morgan fingerprint density at radius 2 is 2.29 bits per heavy atom. The second-order valence-electron chi connectivity index (χ2n) is 3.49. The van der Waals surface area contributed by atoms with Crippen molar-refractivity contribution < 1.29 is 9.84 Å². The maximum atomic E-state index is 8.83. The molecule has 0 saturated carbocycles. The van der Waals surface area contributed by atoms with Crippen LogP contribution < -0.4 is 4.74 Å². The second kappa shape index (κ2) is 5.17. The van der Waals surface area contributed by atoms with Gasteiger partial charge in [-0.05, 0) is 17.5 Å². The number of nitrogens with zero attached hydrogens (tertiary/aromatic N) is 1. The van der Waals surface area contributed by atoms with Gasteiger partial charge >= 0.3 is 0 Å². The first-order valence-electron chi connectivity index (χ1n) is 4.51. The molecule has 0 atom stereocenters. The SMILES string of the molecule is CC(C)COc1ncc(CO)cc1Cl. The van der Waals surface area contributed by atoms with Gasteiger partial charge in [0.25, 0.3) is 0 Å². The smallest absolute Gasteiger partial charge is 0.232 e. The van der Waals surface area contributed by atoms with E-state index < -0.39 is 0 Å². The van der Waals surface area contributed by atoms with E-state index in [1.54, 1.807) is 12.3 Å². The lowest BCUT2D eigenvalue weighted by molar-refractivity contribution is 0.259. The average Bonchev–Trinajstić information content (AvgIpc) is 2.15. The van der Waals surface area contributed by atoms with Crippen LogP contribution in [0.2, 0.25) is 5.02 Å². The molecule has 3 nitrogen and oxygen atoms in total. The molecule has 1 aromatic rings. The summed E-state index contributed by atoms with van der Waals surface area (Å²) in [4.78, 5) is 4.01. The van der Waals surface area contributed by atoms with Crippen molar-refractivity contribution in [1.82, 2.24) is 4.98 Å². The molecule has 0 aromatic carbocycles. The van der Waals surface area contributed by atoms with Crippen molar-refractivity contribution in [2.45, 2.75) is 20.5 Å². The molecule has 0 aliphatic heterocycles. The van der Waals surface area contributed by atoms with Gasteiger partial charge in [0, 0.05) is 6.20 Å². The zero-order valence-electron chi connectivity index (χ0n) is 8.33. The summed E-state index contributed by atoms with van der Waals surface area (Å²) in [5.41, 5.74) is 0.687. The number of hydrogen-bond acceptors (Lipinski definition) is 3. The lowest BCUT2D eigenvalue weighted by atomic mass is 10.2. The molecule has 1 heterocycles. The van der Waals surface area contributed by atoms with Gasteiger partial charge in [0.1, 0.15) is 5.02 Å². The highest BCUT2D eigenvalue weighted by molar-refractivity contribution is 6.31. The van der Waals surface area contributed by atoms with E-state index in [1.165, 1.54) is 0 Å². The Kier molecular flexibility index (Phi) is 4.17. The minimum absolute atomic E-state index is 0.0584. The Balaban J connectivity index is 2.69. The largest absolute Gasteiger partial charge is 0.476 e. The first kappa shape index (κ1) is 11.3. The molecule has 1 aromatic heterocycles. The van der Waals surface area contributed by atoms with Gasteiger partial charge in [0.2, 0.25) is 5.88 Å². The van der Waals surface area contributed by atoms with Crippen LogP contribution >= 0.6 is 11.6 Å². The van der Waals surface area contributed by atoms with Crippen LogP contribution in [0.4, 0.5) is 0 Å². The van der Waals surface area contributed by atoms with E-state index in [0.717, 1.165) is 0 Å². The highest BCUT2D eigenvalue weighted by atomic mass is 35.5. The van der Waals surface area contributed by atoms with Crippen LogP contribution in [-0.2, 0) is 6.61 Å². The van der Waals surface area contributed by atoms with Gasteiger partial charge in [-0.3, -0.25) is 0 Å². The third-order valence-corrected chi connectivity index (χ3v) is 1.87. The second-order valence-corrected chi connectivity index (χ2v) is 3.90. The van der Waals surface area contributed by atoms with Crippen LogP contribution in [0, 0.1) is 5.92 Å². The maximum Gasteiger partial charge on any atom is 0.232 e. The number of aliphatic hydroxyl groups excluding tert-OH is 1. The lowest BCUT2D eigenvalue weighted by Gasteiger charge is -2.09. The molecule has 1 rings (SSSR count). The molecule has 0 amide bonds. The molecule has 0 fully saturated rings. The van der Waals surface area contributed by atoms with Gasteiger partial charge in [-0.2, -0.15) is 0 Å². The Morgan fingerprint density at radius 3 is 2.79 bits per heavy atom. The Hall–Kier alpha value is -0.800. The molecule has 0 spiro atoms. The lowest BCUT2D eigenvalue weighted by Crippen LogP contribution is -2.06. The highest BCUT2D eigenvalue weighted by Gasteiger charge is 2.05. The molecule has 0 saturated heterocycles. The van der Waals surface area contributed by atoms with Crippen molar-refractivity contribution in [2.75, 3.05) is 6.61 Å². The topological polar surface area (TPSA) is 42.4 Å². The standard InChI is InChI=1S/C10H14ClNO2/c1-7(2)6-14-10-9(11)3-8(5-13)4-12-10/h3-4,7,13H,5-6H2,1-2H3. The third-order valence-electron chi connectivity index (χ3n) is 1.60.